The summed E-state index contributed by atoms with van der Waals surface area (Å²) in [5, 5.41) is 0. The van der Waals surface area contributed by atoms with Crippen LogP contribution in [0.4, 0.5) is 4.39 Å². The first-order valence-corrected chi connectivity index (χ1v) is 7.50. The maximum atomic E-state index is 13.0. The van der Waals surface area contributed by atoms with Crippen LogP contribution in [0.5, 0.6) is 0 Å². The van der Waals surface area contributed by atoms with Crippen molar-refractivity contribution in [2.45, 2.75) is 31.7 Å². The summed E-state index contributed by atoms with van der Waals surface area (Å²) in [5.74, 6) is 2.79. The van der Waals surface area contributed by atoms with Crippen molar-refractivity contribution in [1.82, 2.24) is 0 Å². The number of thioether (sulfide) groups is 1. The normalized spacial score (nSPS) is 18.5. The zero-order valence-corrected chi connectivity index (χ0v) is 10.9. The largest absolute Gasteiger partial charge is 0.323 e. The van der Waals surface area contributed by atoms with Crippen LogP contribution >= 0.6 is 11.8 Å². The van der Waals surface area contributed by atoms with Gasteiger partial charge in [0.2, 0.25) is 0 Å². The van der Waals surface area contributed by atoms with Crippen molar-refractivity contribution in [3.63, 3.8) is 0 Å². The molecule has 94 valence electrons. The Morgan fingerprint density at radius 1 is 1.35 bits per heavy atom. The molecule has 1 atom stereocenters. The van der Waals surface area contributed by atoms with Crippen LogP contribution < -0.4 is 5.73 Å². The first-order chi connectivity index (χ1) is 8.25. The maximum Gasteiger partial charge on any atom is 0.123 e. The fourth-order valence-corrected chi connectivity index (χ4v) is 3.62. The third kappa shape index (κ3) is 4.00. The molecule has 1 aromatic rings. The van der Waals surface area contributed by atoms with Gasteiger partial charge in [-0.2, -0.15) is 11.8 Å². The molecule has 1 unspecified atom stereocenters. The highest BCUT2D eigenvalue weighted by Crippen LogP contribution is 2.29. The summed E-state index contributed by atoms with van der Waals surface area (Å²) < 4.78 is 13.0. The van der Waals surface area contributed by atoms with Gasteiger partial charge >= 0.3 is 0 Å². The fourth-order valence-electron chi connectivity index (χ4n) is 2.37. The second-order valence-corrected chi connectivity index (χ2v) is 5.92. The van der Waals surface area contributed by atoms with Gasteiger partial charge in [0.25, 0.3) is 0 Å². The average Bonchev–Trinajstić information content (AvgIpc) is 2.82. The van der Waals surface area contributed by atoms with Crippen LogP contribution in [0, 0.1) is 11.7 Å². The molecule has 0 aliphatic heterocycles. The van der Waals surface area contributed by atoms with Crippen LogP contribution in [0.2, 0.25) is 0 Å². The predicted octanol–water partition coefficient (Wildman–Crippen LogP) is 3.75. The minimum Gasteiger partial charge on any atom is -0.323 e. The highest BCUT2D eigenvalue weighted by molar-refractivity contribution is 7.99. The van der Waals surface area contributed by atoms with Crippen molar-refractivity contribution in [1.29, 1.82) is 0 Å². The van der Waals surface area contributed by atoms with E-state index in [0.717, 1.165) is 17.2 Å². The van der Waals surface area contributed by atoms with Crippen molar-refractivity contribution in [2.24, 2.45) is 11.7 Å². The van der Waals surface area contributed by atoms with Crippen LogP contribution in [0.1, 0.15) is 37.3 Å². The van der Waals surface area contributed by atoms with Gasteiger partial charge in [-0.25, -0.2) is 4.39 Å². The highest BCUT2D eigenvalue weighted by Gasteiger charge is 2.15. The van der Waals surface area contributed by atoms with Crippen LogP contribution in [0.15, 0.2) is 24.3 Å². The average molecular weight is 253 g/mol. The Kier molecular flexibility index (Phi) is 4.86. The molecular formula is C14H20FNS. The predicted molar refractivity (Wildman–Crippen MR) is 72.6 cm³/mol. The number of benzene rings is 1. The second-order valence-electron chi connectivity index (χ2n) is 4.85. The van der Waals surface area contributed by atoms with Gasteiger partial charge in [-0.05, 0) is 42.2 Å². The molecule has 1 saturated carbocycles. The third-order valence-corrected chi connectivity index (χ3v) is 4.70. The molecule has 0 heterocycles. The third-order valence-electron chi connectivity index (χ3n) is 3.40. The van der Waals surface area contributed by atoms with Gasteiger partial charge < -0.3 is 5.73 Å². The van der Waals surface area contributed by atoms with Gasteiger partial charge in [0.1, 0.15) is 5.82 Å². The van der Waals surface area contributed by atoms with Crippen molar-refractivity contribution in [3.8, 4) is 0 Å². The Balaban J connectivity index is 1.74. The Labute approximate surface area is 107 Å². The summed E-state index contributed by atoms with van der Waals surface area (Å²) in [6.45, 7) is 0. The molecule has 1 nitrogen and oxygen atoms in total. The Morgan fingerprint density at radius 2 is 2.12 bits per heavy atom. The van der Waals surface area contributed by atoms with E-state index >= 15 is 0 Å². The van der Waals surface area contributed by atoms with E-state index in [0.29, 0.717) is 0 Å². The maximum absolute atomic E-state index is 13.0. The molecule has 0 spiro atoms. The smallest absolute Gasteiger partial charge is 0.123 e. The fraction of sp³-hybridized carbons (Fsp3) is 0.571. The Bertz CT molecular complexity index is 350. The van der Waals surface area contributed by atoms with Crippen LogP contribution in [-0.4, -0.2) is 11.5 Å². The van der Waals surface area contributed by atoms with Crippen LogP contribution in [-0.2, 0) is 0 Å². The first-order valence-electron chi connectivity index (χ1n) is 6.34. The minimum atomic E-state index is -0.196. The SMILES string of the molecule is NC(CSCC1CCCC1)c1cccc(F)c1. The van der Waals surface area contributed by atoms with E-state index in [1.807, 2.05) is 17.8 Å². The molecular weight excluding hydrogens is 233 g/mol. The molecule has 0 bridgehead atoms. The van der Waals surface area contributed by atoms with E-state index in [9.17, 15) is 4.39 Å². The number of hydrogen-bond acceptors (Lipinski definition) is 2. The number of hydrogen-bond donors (Lipinski definition) is 1. The molecule has 0 saturated heterocycles. The number of rotatable bonds is 5. The highest BCUT2D eigenvalue weighted by atomic mass is 32.2. The van der Waals surface area contributed by atoms with E-state index in [1.54, 1.807) is 12.1 Å². The summed E-state index contributed by atoms with van der Waals surface area (Å²) in [5.41, 5.74) is 6.97. The molecule has 3 heteroatoms. The van der Waals surface area contributed by atoms with E-state index < -0.39 is 0 Å². The topological polar surface area (TPSA) is 26.0 Å². The van der Waals surface area contributed by atoms with E-state index in [1.165, 1.54) is 37.5 Å². The van der Waals surface area contributed by atoms with Gasteiger partial charge in [-0.1, -0.05) is 25.0 Å². The lowest BCUT2D eigenvalue weighted by atomic mass is 10.1. The van der Waals surface area contributed by atoms with Gasteiger partial charge in [0.05, 0.1) is 0 Å². The summed E-state index contributed by atoms with van der Waals surface area (Å²) in [4.78, 5) is 0. The van der Waals surface area contributed by atoms with Crippen LogP contribution in [0.25, 0.3) is 0 Å². The van der Waals surface area contributed by atoms with Crippen molar-refractivity contribution in [2.75, 3.05) is 11.5 Å². The van der Waals surface area contributed by atoms with Gasteiger partial charge in [-0.3, -0.25) is 0 Å². The number of nitrogens with two attached hydrogens (primary N) is 1. The van der Waals surface area contributed by atoms with E-state index in [-0.39, 0.29) is 11.9 Å². The molecule has 1 fully saturated rings. The summed E-state index contributed by atoms with van der Waals surface area (Å²) in [6, 6.07) is 6.59. The van der Waals surface area contributed by atoms with Crippen molar-refractivity contribution in [3.05, 3.63) is 35.6 Å². The van der Waals surface area contributed by atoms with E-state index in [4.69, 9.17) is 5.73 Å². The zero-order chi connectivity index (χ0) is 12.1. The molecule has 1 aromatic carbocycles. The molecule has 1 aliphatic carbocycles. The quantitative estimate of drug-likeness (QED) is 0.865. The molecule has 1 aliphatic rings. The first kappa shape index (κ1) is 12.9. The molecule has 17 heavy (non-hydrogen) atoms. The van der Waals surface area contributed by atoms with E-state index in [2.05, 4.69) is 0 Å². The monoisotopic (exact) mass is 253 g/mol. The minimum absolute atomic E-state index is 0.0443. The van der Waals surface area contributed by atoms with Gasteiger partial charge in [-0.15, -0.1) is 0 Å². The number of halogens is 1. The Morgan fingerprint density at radius 3 is 2.82 bits per heavy atom. The van der Waals surface area contributed by atoms with Gasteiger partial charge in [0, 0.05) is 11.8 Å². The summed E-state index contributed by atoms with van der Waals surface area (Å²) in [7, 11) is 0. The Hall–Kier alpha value is -0.540. The molecule has 0 radical (unpaired) electrons. The lowest BCUT2D eigenvalue weighted by Crippen LogP contribution is -2.14. The molecule has 2 rings (SSSR count). The summed E-state index contributed by atoms with van der Waals surface area (Å²) in [6.07, 6.45) is 5.53. The zero-order valence-electron chi connectivity index (χ0n) is 10.1. The molecule has 0 amide bonds. The lowest BCUT2D eigenvalue weighted by Gasteiger charge is -2.13. The van der Waals surface area contributed by atoms with Gasteiger partial charge in [0.15, 0.2) is 0 Å². The molecule has 0 aromatic heterocycles. The molecule has 2 N–H and O–H groups in total. The second kappa shape index (κ2) is 6.41. The lowest BCUT2D eigenvalue weighted by molar-refractivity contribution is 0.619. The summed E-state index contributed by atoms with van der Waals surface area (Å²) >= 11 is 1.91. The standard InChI is InChI=1S/C14H20FNS/c15-13-7-3-6-12(8-13)14(16)10-17-9-11-4-1-2-5-11/h3,6-8,11,14H,1-2,4-5,9-10,16H2. The van der Waals surface area contributed by atoms with Crippen LogP contribution in [0.3, 0.4) is 0 Å². The van der Waals surface area contributed by atoms with Crippen molar-refractivity contribution < 1.29 is 4.39 Å². The van der Waals surface area contributed by atoms with Crippen molar-refractivity contribution >= 4 is 11.8 Å².